The molecule has 158 valence electrons. The summed E-state index contributed by atoms with van der Waals surface area (Å²) in [7, 11) is 0. The molecule has 0 unspecified atom stereocenters. The largest absolute Gasteiger partial charge is 0.349 e. The van der Waals surface area contributed by atoms with Crippen molar-refractivity contribution in [3.8, 4) is 0 Å². The van der Waals surface area contributed by atoms with Crippen LogP contribution in [0.2, 0.25) is 0 Å². The first kappa shape index (κ1) is 22.0. The van der Waals surface area contributed by atoms with Crippen molar-refractivity contribution in [1.82, 2.24) is 15.2 Å². The van der Waals surface area contributed by atoms with E-state index in [-0.39, 0.29) is 29.9 Å². The summed E-state index contributed by atoms with van der Waals surface area (Å²) in [5.74, 6) is -0.427. The van der Waals surface area contributed by atoms with Crippen LogP contribution in [0.25, 0.3) is 0 Å². The first-order valence-corrected chi connectivity index (χ1v) is 10.9. The summed E-state index contributed by atoms with van der Waals surface area (Å²) in [6.45, 7) is 5.98. The molecule has 3 rings (SSSR count). The number of rotatable bonds is 6. The minimum atomic E-state index is -0.841. The highest BCUT2D eigenvalue weighted by Gasteiger charge is 2.39. The zero-order valence-electron chi connectivity index (χ0n) is 17.5. The molecule has 2 amide bonds. The molecule has 0 radical (unpaired) electrons. The SMILES string of the molecule is CC(C)(C)NC(=O)[C@@H](c1cccnc1)N(Cc1ccccc1)C(=O)[C@@H]1CSC(=O)C1. The summed E-state index contributed by atoms with van der Waals surface area (Å²) in [5.41, 5.74) is 1.10. The highest BCUT2D eigenvalue weighted by atomic mass is 32.2. The van der Waals surface area contributed by atoms with Gasteiger partial charge in [0.25, 0.3) is 0 Å². The van der Waals surface area contributed by atoms with Crippen LogP contribution in [0.1, 0.15) is 44.4 Å². The molecule has 30 heavy (non-hydrogen) atoms. The molecule has 0 spiro atoms. The Morgan fingerprint density at radius 3 is 2.50 bits per heavy atom. The van der Waals surface area contributed by atoms with Crippen LogP contribution in [0, 0.1) is 5.92 Å². The topological polar surface area (TPSA) is 79.4 Å². The van der Waals surface area contributed by atoms with Gasteiger partial charge in [0.1, 0.15) is 6.04 Å². The third kappa shape index (κ3) is 5.69. The molecule has 1 aromatic carbocycles. The summed E-state index contributed by atoms with van der Waals surface area (Å²) >= 11 is 1.18. The third-order valence-electron chi connectivity index (χ3n) is 4.75. The number of aromatic nitrogens is 1. The molecule has 7 heteroatoms. The lowest BCUT2D eigenvalue weighted by Crippen LogP contribution is -2.50. The Morgan fingerprint density at radius 2 is 1.93 bits per heavy atom. The van der Waals surface area contributed by atoms with E-state index in [9.17, 15) is 14.4 Å². The quantitative estimate of drug-likeness (QED) is 0.768. The number of carbonyl (C=O) groups excluding carboxylic acids is 3. The van der Waals surface area contributed by atoms with E-state index < -0.39 is 17.5 Å². The Labute approximate surface area is 181 Å². The molecular formula is C23H27N3O3S. The predicted octanol–water partition coefficient (Wildman–Crippen LogP) is 3.35. The Morgan fingerprint density at radius 1 is 1.20 bits per heavy atom. The van der Waals surface area contributed by atoms with Crippen molar-refractivity contribution in [2.75, 3.05) is 5.75 Å². The number of hydrogen-bond acceptors (Lipinski definition) is 5. The lowest BCUT2D eigenvalue weighted by molar-refractivity contribution is -0.145. The number of hydrogen-bond donors (Lipinski definition) is 1. The molecule has 6 nitrogen and oxygen atoms in total. The molecule has 2 heterocycles. The van der Waals surface area contributed by atoms with Gasteiger partial charge < -0.3 is 10.2 Å². The molecule has 2 aromatic rings. The number of nitrogens with one attached hydrogen (secondary N) is 1. The molecule has 1 N–H and O–H groups in total. The van der Waals surface area contributed by atoms with Gasteiger partial charge in [-0.25, -0.2) is 0 Å². The Hall–Kier alpha value is -2.67. The molecule has 1 saturated heterocycles. The fraction of sp³-hybridized carbons (Fsp3) is 0.391. The van der Waals surface area contributed by atoms with E-state index in [1.165, 1.54) is 11.8 Å². The number of amides is 2. The maximum Gasteiger partial charge on any atom is 0.247 e. The summed E-state index contributed by atoms with van der Waals surface area (Å²) in [5, 5.41) is 3.02. The summed E-state index contributed by atoms with van der Waals surface area (Å²) in [6, 6.07) is 12.3. The highest BCUT2D eigenvalue weighted by molar-refractivity contribution is 8.14. The van der Waals surface area contributed by atoms with E-state index in [1.54, 1.807) is 29.4 Å². The standard InChI is InChI=1S/C23H27N3O3S/c1-23(2,3)25-21(28)20(17-10-7-11-24-13-17)26(14-16-8-5-4-6-9-16)22(29)18-12-19(27)30-15-18/h4-11,13,18,20H,12,14-15H2,1-3H3,(H,25,28)/t18-,20+/m0/s1. The number of nitrogens with zero attached hydrogens (tertiary/aromatic N) is 2. The van der Waals surface area contributed by atoms with Crippen molar-refractivity contribution in [3.05, 3.63) is 66.0 Å². The molecule has 0 saturated carbocycles. The van der Waals surface area contributed by atoms with Crippen LogP contribution >= 0.6 is 11.8 Å². The van der Waals surface area contributed by atoms with Gasteiger partial charge >= 0.3 is 0 Å². The van der Waals surface area contributed by atoms with Crippen molar-refractivity contribution in [2.24, 2.45) is 5.92 Å². The smallest absolute Gasteiger partial charge is 0.247 e. The van der Waals surface area contributed by atoms with Crippen molar-refractivity contribution >= 4 is 28.7 Å². The van der Waals surface area contributed by atoms with Gasteiger partial charge in [-0.05, 0) is 32.4 Å². The molecule has 1 aliphatic heterocycles. The van der Waals surface area contributed by atoms with E-state index in [1.807, 2.05) is 51.1 Å². The number of carbonyl (C=O) groups is 3. The van der Waals surface area contributed by atoms with Gasteiger partial charge in [0.15, 0.2) is 5.12 Å². The van der Waals surface area contributed by atoms with Crippen LogP contribution in [-0.4, -0.2) is 38.1 Å². The van der Waals surface area contributed by atoms with Crippen molar-refractivity contribution < 1.29 is 14.4 Å². The van der Waals surface area contributed by atoms with Gasteiger partial charge in [-0.15, -0.1) is 0 Å². The van der Waals surface area contributed by atoms with Crippen molar-refractivity contribution in [2.45, 2.75) is 45.3 Å². The molecule has 2 atom stereocenters. The van der Waals surface area contributed by atoms with Gasteiger partial charge in [0.05, 0.1) is 5.92 Å². The van der Waals surface area contributed by atoms with Crippen molar-refractivity contribution in [1.29, 1.82) is 0 Å². The molecule has 0 aliphatic carbocycles. The monoisotopic (exact) mass is 425 g/mol. The second-order valence-corrected chi connectivity index (χ2v) is 9.54. The normalized spacial score (nSPS) is 17.4. The van der Waals surface area contributed by atoms with Crippen molar-refractivity contribution in [3.63, 3.8) is 0 Å². The van der Waals surface area contributed by atoms with Crippen LogP contribution < -0.4 is 5.32 Å². The average Bonchev–Trinajstić information content (AvgIpc) is 3.13. The van der Waals surface area contributed by atoms with Crippen LogP contribution in [0.3, 0.4) is 0 Å². The van der Waals surface area contributed by atoms with Crippen LogP contribution in [0.4, 0.5) is 0 Å². The maximum atomic E-state index is 13.5. The Kier molecular flexibility index (Phi) is 6.92. The van der Waals surface area contributed by atoms with Crippen LogP contribution in [0.15, 0.2) is 54.9 Å². The van der Waals surface area contributed by atoms with E-state index in [4.69, 9.17) is 0 Å². The van der Waals surface area contributed by atoms with Gasteiger partial charge in [0, 0.05) is 42.2 Å². The summed E-state index contributed by atoms with van der Waals surface area (Å²) in [4.78, 5) is 44.5. The first-order valence-electron chi connectivity index (χ1n) is 9.96. The predicted molar refractivity (Wildman–Crippen MR) is 117 cm³/mol. The van der Waals surface area contributed by atoms with Gasteiger partial charge in [0.2, 0.25) is 11.8 Å². The minimum absolute atomic E-state index is 0.0186. The lowest BCUT2D eigenvalue weighted by atomic mass is 9.99. The fourth-order valence-electron chi connectivity index (χ4n) is 3.43. The van der Waals surface area contributed by atoms with E-state index >= 15 is 0 Å². The number of thioether (sulfide) groups is 1. The zero-order chi connectivity index (χ0) is 21.7. The summed E-state index contributed by atoms with van der Waals surface area (Å²) < 4.78 is 0. The van der Waals surface area contributed by atoms with Crippen LogP contribution in [-0.2, 0) is 20.9 Å². The summed E-state index contributed by atoms with van der Waals surface area (Å²) in [6.07, 6.45) is 3.46. The molecule has 0 bridgehead atoms. The molecule has 1 fully saturated rings. The maximum absolute atomic E-state index is 13.5. The second kappa shape index (κ2) is 9.43. The minimum Gasteiger partial charge on any atom is -0.349 e. The van der Waals surface area contributed by atoms with E-state index in [0.717, 1.165) is 5.56 Å². The molecule has 1 aromatic heterocycles. The van der Waals surface area contributed by atoms with E-state index in [2.05, 4.69) is 10.3 Å². The van der Waals surface area contributed by atoms with Gasteiger partial charge in [-0.2, -0.15) is 0 Å². The first-order chi connectivity index (χ1) is 14.2. The zero-order valence-corrected chi connectivity index (χ0v) is 18.3. The highest BCUT2D eigenvalue weighted by Crippen LogP contribution is 2.32. The molecule has 1 aliphatic rings. The Balaban J connectivity index is 2.01. The van der Waals surface area contributed by atoms with Crippen LogP contribution in [0.5, 0.6) is 0 Å². The van der Waals surface area contributed by atoms with Gasteiger partial charge in [-0.1, -0.05) is 48.2 Å². The molecular weight excluding hydrogens is 398 g/mol. The fourth-order valence-corrected chi connectivity index (χ4v) is 4.40. The lowest BCUT2D eigenvalue weighted by Gasteiger charge is -2.35. The van der Waals surface area contributed by atoms with E-state index in [0.29, 0.717) is 11.3 Å². The third-order valence-corrected chi connectivity index (χ3v) is 5.80. The average molecular weight is 426 g/mol. The Bertz CT molecular complexity index is 897. The second-order valence-electron chi connectivity index (χ2n) is 8.46. The number of benzene rings is 1. The van der Waals surface area contributed by atoms with Gasteiger partial charge in [-0.3, -0.25) is 19.4 Å². The number of pyridine rings is 1.